The lowest BCUT2D eigenvalue weighted by molar-refractivity contribution is 0.587. The van der Waals surface area contributed by atoms with Crippen molar-refractivity contribution >= 4 is 38.3 Å². The number of aromatic amines is 2. The molecule has 3 rings (SSSR count). The van der Waals surface area contributed by atoms with Crippen molar-refractivity contribution in [2.45, 2.75) is 31.1 Å². The van der Waals surface area contributed by atoms with E-state index < -0.39 is 10.0 Å². The molecule has 0 amide bonds. The first-order chi connectivity index (χ1) is 11.6. The van der Waals surface area contributed by atoms with Crippen LogP contribution in [0.1, 0.15) is 26.3 Å². The van der Waals surface area contributed by atoms with Gasteiger partial charge in [-0.1, -0.05) is 44.5 Å². The summed E-state index contributed by atoms with van der Waals surface area (Å²) in [5.41, 5.74) is 1.76. The topological polar surface area (TPSA) is 94.8 Å². The Kier molecular flexibility index (Phi) is 4.17. The molecule has 0 aliphatic rings. The van der Waals surface area contributed by atoms with E-state index in [-0.39, 0.29) is 26.7 Å². The molecule has 2 aromatic carbocycles. The summed E-state index contributed by atoms with van der Waals surface area (Å²) in [6.45, 7) is 6.17. The maximum Gasteiger partial charge on any atom is 0.323 e. The van der Waals surface area contributed by atoms with Gasteiger partial charge in [0.05, 0.1) is 26.6 Å². The molecule has 25 heavy (non-hydrogen) atoms. The van der Waals surface area contributed by atoms with Crippen molar-refractivity contribution in [3.63, 3.8) is 0 Å². The summed E-state index contributed by atoms with van der Waals surface area (Å²) in [7, 11) is -3.80. The molecule has 8 heteroatoms. The highest BCUT2D eigenvalue weighted by Gasteiger charge is 2.19. The minimum atomic E-state index is -3.80. The predicted molar refractivity (Wildman–Crippen MR) is 99.9 cm³/mol. The number of halogens is 1. The molecule has 0 bridgehead atoms. The van der Waals surface area contributed by atoms with Crippen molar-refractivity contribution in [3.8, 4) is 0 Å². The van der Waals surface area contributed by atoms with Crippen LogP contribution in [-0.4, -0.2) is 18.4 Å². The first-order valence-corrected chi connectivity index (χ1v) is 9.47. The molecule has 0 saturated heterocycles. The Labute approximate surface area is 150 Å². The van der Waals surface area contributed by atoms with Gasteiger partial charge in [-0.05, 0) is 35.2 Å². The fraction of sp³-hybridized carbons (Fsp3) is 0.235. The van der Waals surface area contributed by atoms with E-state index in [4.69, 9.17) is 11.6 Å². The van der Waals surface area contributed by atoms with Gasteiger partial charge in [-0.15, -0.1) is 0 Å². The Morgan fingerprint density at radius 2 is 1.56 bits per heavy atom. The monoisotopic (exact) mass is 379 g/mol. The average Bonchev–Trinajstić information content (AvgIpc) is 2.85. The Morgan fingerprint density at radius 3 is 2.12 bits per heavy atom. The third-order valence-corrected chi connectivity index (χ3v) is 5.57. The number of benzene rings is 2. The molecule has 132 valence electrons. The van der Waals surface area contributed by atoms with Crippen molar-refractivity contribution < 1.29 is 8.42 Å². The fourth-order valence-electron chi connectivity index (χ4n) is 2.47. The van der Waals surface area contributed by atoms with Gasteiger partial charge in [0.25, 0.3) is 10.0 Å². The third kappa shape index (κ3) is 3.57. The van der Waals surface area contributed by atoms with Gasteiger partial charge in [0.1, 0.15) is 0 Å². The van der Waals surface area contributed by atoms with E-state index in [9.17, 15) is 13.2 Å². The number of imidazole rings is 1. The van der Waals surface area contributed by atoms with Gasteiger partial charge in [-0.25, -0.2) is 13.2 Å². The maximum atomic E-state index is 12.6. The van der Waals surface area contributed by atoms with Crippen LogP contribution in [0.4, 0.5) is 5.69 Å². The molecule has 0 atom stereocenters. The van der Waals surface area contributed by atoms with E-state index in [0.29, 0.717) is 11.0 Å². The second-order valence-corrected chi connectivity index (χ2v) is 8.93. The lowest BCUT2D eigenvalue weighted by atomic mass is 9.87. The van der Waals surface area contributed by atoms with Gasteiger partial charge in [0.2, 0.25) is 0 Å². The van der Waals surface area contributed by atoms with E-state index in [1.165, 1.54) is 12.1 Å². The molecule has 1 heterocycles. The van der Waals surface area contributed by atoms with E-state index in [1.807, 2.05) is 0 Å². The molecule has 0 aliphatic carbocycles. The van der Waals surface area contributed by atoms with Crippen LogP contribution in [-0.2, 0) is 15.4 Å². The Hall–Kier alpha value is -2.25. The molecule has 1 aromatic heterocycles. The van der Waals surface area contributed by atoms with E-state index in [2.05, 4.69) is 35.5 Å². The zero-order chi connectivity index (χ0) is 18.4. The molecule has 3 aromatic rings. The highest BCUT2D eigenvalue weighted by Crippen LogP contribution is 2.29. The standard InChI is InChI=1S/C17H18ClN3O3S/c1-17(2,3)10-4-6-11(7-5-10)25(23,24)21-13-9-15-14(8-12(13)18)19-16(22)20-15/h4-9,21H,1-3H3,(H2,19,20,22). The molecule has 0 fully saturated rings. The number of sulfonamides is 1. The number of rotatable bonds is 3. The zero-order valence-electron chi connectivity index (χ0n) is 14.0. The van der Waals surface area contributed by atoms with Gasteiger partial charge in [-0.3, -0.25) is 4.72 Å². The summed E-state index contributed by atoms with van der Waals surface area (Å²) in [6, 6.07) is 9.69. The maximum absolute atomic E-state index is 12.6. The van der Waals surface area contributed by atoms with E-state index in [1.54, 1.807) is 24.3 Å². The fourth-order valence-corrected chi connectivity index (χ4v) is 3.81. The van der Waals surface area contributed by atoms with Crippen LogP contribution in [0.5, 0.6) is 0 Å². The Balaban J connectivity index is 1.96. The second kappa shape index (κ2) is 5.93. The molecule has 0 radical (unpaired) electrons. The molecular weight excluding hydrogens is 362 g/mol. The van der Waals surface area contributed by atoms with Crippen LogP contribution in [0.15, 0.2) is 46.1 Å². The number of fused-ring (bicyclic) bond motifs is 1. The van der Waals surface area contributed by atoms with Gasteiger partial charge in [0.15, 0.2) is 0 Å². The van der Waals surface area contributed by atoms with Gasteiger partial charge in [-0.2, -0.15) is 0 Å². The summed E-state index contributed by atoms with van der Waals surface area (Å²) in [5.74, 6) is 0. The van der Waals surface area contributed by atoms with Gasteiger partial charge in [0, 0.05) is 0 Å². The lowest BCUT2D eigenvalue weighted by Gasteiger charge is -2.19. The van der Waals surface area contributed by atoms with Crippen molar-refractivity contribution in [1.82, 2.24) is 9.97 Å². The number of H-pyrrole nitrogens is 2. The van der Waals surface area contributed by atoms with Crippen molar-refractivity contribution in [2.24, 2.45) is 0 Å². The SMILES string of the molecule is CC(C)(C)c1ccc(S(=O)(=O)Nc2cc3[nH]c(=O)[nH]c3cc2Cl)cc1. The molecule has 0 unspecified atom stereocenters. The first-order valence-electron chi connectivity index (χ1n) is 7.61. The van der Waals surface area contributed by atoms with E-state index >= 15 is 0 Å². The number of nitrogens with one attached hydrogen (secondary N) is 3. The van der Waals surface area contributed by atoms with Crippen LogP contribution in [0.25, 0.3) is 11.0 Å². The minimum Gasteiger partial charge on any atom is -0.306 e. The molecular formula is C17H18ClN3O3S. The molecule has 6 nitrogen and oxygen atoms in total. The molecule has 0 aliphatic heterocycles. The molecule has 3 N–H and O–H groups in total. The Bertz CT molecular complexity index is 1090. The van der Waals surface area contributed by atoms with Gasteiger partial charge >= 0.3 is 5.69 Å². The van der Waals surface area contributed by atoms with Crippen LogP contribution in [0, 0.1) is 0 Å². The summed E-state index contributed by atoms with van der Waals surface area (Å²) in [6.07, 6.45) is 0. The van der Waals surface area contributed by atoms with Crippen molar-refractivity contribution in [3.05, 3.63) is 57.5 Å². The number of hydrogen-bond donors (Lipinski definition) is 3. The highest BCUT2D eigenvalue weighted by molar-refractivity contribution is 7.92. The largest absolute Gasteiger partial charge is 0.323 e. The normalized spacial score (nSPS) is 12.5. The number of anilines is 1. The van der Waals surface area contributed by atoms with Crippen LogP contribution >= 0.6 is 11.6 Å². The Morgan fingerprint density at radius 1 is 1.00 bits per heavy atom. The smallest absolute Gasteiger partial charge is 0.306 e. The number of hydrogen-bond acceptors (Lipinski definition) is 3. The van der Waals surface area contributed by atoms with Crippen molar-refractivity contribution in [1.29, 1.82) is 0 Å². The van der Waals surface area contributed by atoms with E-state index in [0.717, 1.165) is 5.56 Å². The minimum absolute atomic E-state index is 0.0653. The second-order valence-electron chi connectivity index (χ2n) is 6.84. The molecule has 0 spiro atoms. The van der Waals surface area contributed by atoms with Crippen LogP contribution in [0.2, 0.25) is 5.02 Å². The molecule has 0 saturated carbocycles. The number of aromatic nitrogens is 2. The zero-order valence-corrected chi connectivity index (χ0v) is 15.5. The average molecular weight is 380 g/mol. The summed E-state index contributed by atoms with van der Waals surface area (Å²) in [5, 5.41) is 0.192. The van der Waals surface area contributed by atoms with Gasteiger partial charge < -0.3 is 9.97 Å². The summed E-state index contributed by atoms with van der Waals surface area (Å²) in [4.78, 5) is 16.6. The summed E-state index contributed by atoms with van der Waals surface area (Å²) >= 11 is 6.13. The first kappa shape index (κ1) is 17.6. The quantitative estimate of drug-likeness (QED) is 0.648. The highest BCUT2D eigenvalue weighted by atomic mass is 35.5. The lowest BCUT2D eigenvalue weighted by Crippen LogP contribution is -2.15. The summed E-state index contributed by atoms with van der Waals surface area (Å²) < 4.78 is 27.7. The predicted octanol–water partition coefficient (Wildman–Crippen LogP) is 3.61. The van der Waals surface area contributed by atoms with Crippen LogP contribution < -0.4 is 10.4 Å². The van der Waals surface area contributed by atoms with Crippen molar-refractivity contribution in [2.75, 3.05) is 4.72 Å². The third-order valence-electron chi connectivity index (χ3n) is 3.88. The van der Waals surface area contributed by atoms with Crippen LogP contribution in [0.3, 0.4) is 0 Å².